The zero-order valence-corrected chi connectivity index (χ0v) is 12.1. The number of carbonyl (C=O) groups excluding carboxylic acids is 1. The van der Waals surface area contributed by atoms with Gasteiger partial charge in [-0.1, -0.05) is 6.07 Å². The summed E-state index contributed by atoms with van der Waals surface area (Å²) >= 11 is 1.73. The summed E-state index contributed by atoms with van der Waals surface area (Å²) in [6.07, 6.45) is 1.52. The number of esters is 1. The largest absolute Gasteiger partial charge is 0.463 e. The molecule has 0 aliphatic rings. The van der Waals surface area contributed by atoms with Gasteiger partial charge in [0.15, 0.2) is 0 Å². The molecule has 2 rings (SSSR count). The number of hydrogen-bond donors (Lipinski definition) is 0. The van der Waals surface area contributed by atoms with E-state index in [1.807, 2.05) is 19.2 Å². The maximum absolute atomic E-state index is 11.5. The van der Waals surface area contributed by atoms with Crippen LogP contribution in [0.3, 0.4) is 0 Å². The Balaban J connectivity index is 2.09. The average molecular weight is 279 g/mol. The van der Waals surface area contributed by atoms with E-state index in [-0.39, 0.29) is 5.76 Å². The molecule has 0 radical (unpaired) electrons. The van der Waals surface area contributed by atoms with Gasteiger partial charge in [-0.3, -0.25) is 4.90 Å². The van der Waals surface area contributed by atoms with E-state index in [1.165, 1.54) is 18.3 Å². The molecular weight excluding hydrogens is 262 g/mol. The average Bonchev–Trinajstić information content (AvgIpc) is 3.07. The van der Waals surface area contributed by atoms with E-state index >= 15 is 0 Å². The number of carbonyl (C=O) groups is 1. The molecule has 0 fully saturated rings. The second-order valence-corrected chi connectivity index (χ2v) is 5.35. The third-order valence-electron chi connectivity index (χ3n) is 3.15. The highest BCUT2D eigenvalue weighted by Crippen LogP contribution is 2.25. The molecule has 1 atom stereocenters. The first-order valence-electron chi connectivity index (χ1n) is 6.01. The molecule has 2 heterocycles. The number of rotatable bonds is 5. The van der Waals surface area contributed by atoms with E-state index in [0.29, 0.717) is 12.6 Å². The van der Waals surface area contributed by atoms with Crippen LogP contribution in [0, 0.1) is 0 Å². The van der Waals surface area contributed by atoms with Crippen LogP contribution in [0.25, 0.3) is 0 Å². The lowest BCUT2D eigenvalue weighted by Crippen LogP contribution is -2.22. The Morgan fingerprint density at radius 1 is 1.53 bits per heavy atom. The fourth-order valence-corrected chi connectivity index (χ4v) is 2.73. The molecule has 102 valence electrons. The van der Waals surface area contributed by atoms with Gasteiger partial charge >= 0.3 is 5.97 Å². The summed E-state index contributed by atoms with van der Waals surface area (Å²) in [5, 5.41) is 2.07. The molecule has 4 nitrogen and oxygen atoms in total. The van der Waals surface area contributed by atoms with E-state index in [9.17, 15) is 4.79 Å². The first kappa shape index (κ1) is 13.8. The third-order valence-corrected chi connectivity index (χ3v) is 4.20. The van der Waals surface area contributed by atoms with Crippen LogP contribution in [0.1, 0.15) is 34.0 Å². The second-order valence-electron chi connectivity index (χ2n) is 4.37. The van der Waals surface area contributed by atoms with Crippen LogP contribution < -0.4 is 0 Å². The molecule has 2 aromatic rings. The lowest BCUT2D eigenvalue weighted by molar-refractivity contribution is 0.0561. The lowest BCUT2D eigenvalue weighted by Gasteiger charge is -2.23. The number of furan rings is 1. The highest BCUT2D eigenvalue weighted by molar-refractivity contribution is 7.10. The second kappa shape index (κ2) is 6.04. The minimum absolute atomic E-state index is 0.285. The van der Waals surface area contributed by atoms with Crippen molar-refractivity contribution in [1.29, 1.82) is 0 Å². The summed E-state index contributed by atoms with van der Waals surface area (Å²) in [6.45, 7) is 2.78. The van der Waals surface area contributed by atoms with E-state index in [4.69, 9.17) is 9.15 Å². The van der Waals surface area contributed by atoms with Crippen LogP contribution in [-0.2, 0) is 11.3 Å². The third kappa shape index (κ3) is 3.05. The van der Waals surface area contributed by atoms with Crippen molar-refractivity contribution >= 4 is 17.3 Å². The van der Waals surface area contributed by atoms with Gasteiger partial charge in [-0.25, -0.2) is 4.79 Å². The van der Waals surface area contributed by atoms with Crippen LogP contribution >= 0.6 is 11.3 Å². The van der Waals surface area contributed by atoms with Crippen LogP contribution in [-0.4, -0.2) is 25.0 Å². The van der Waals surface area contributed by atoms with Crippen LogP contribution in [0.2, 0.25) is 0 Å². The fourth-order valence-electron chi connectivity index (χ4n) is 1.88. The molecule has 0 bridgehead atoms. The van der Waals surface area contributed by atoms with Gasteiger partial charge in [0.25, 0.3) is 0 Å². The number of methoxy groups -OCH3 is 1. The Morgan fingerprint density at radius 2 is 2.32 bits per heavy atom. The summed E-state index contributed by atoms with van der Waals surface area (Å²) in [4.78, 5) is 15.0. The van der Waals surface area contributed by atoms with Crippen LogP contribution in [0.5, 0.6) is 0 Å². The highest BCUT2D eigenvalue weighted by atomic mass is 32.1. The first-order valence-corrected chi connectivity index (χ1v) is 6.89. The van der Waals surface area contributed by atoms with E-state index in [1.54, 1.807) is 11.3 Å². The van der Waals surface area contributed by atoms with E-state index < -0.39 is 5.97 Å². The van der Waals surface area contributed by atoms with Crippen molar-refractivity contribution in [1.82, 2.24) is 4.90 Å². The minimum Gasteiger partial charge on any atom is -0.463 e. The van der Waals surface area contributed by atoms with Crippen molar-refractivity contribution in [2.45, 2.75) is 19.5 Å². The van der Waals surface area contributed by atoms with Gasteiger partial charge in [0.2, 0.25) is 5.76 Å². The molecule has 5 heteroatoms. The Hall–Kier alpha value is -1.59. The van der Waals surface area contributed by atoms with Crippen molar-refractivity contribution < 1.29 is 13.9 Å². The maximum atomic E-state index is 11.5. The fraction of sp³-hybridized carbons (Fsp3) is 0.357. The van der Waals surface area contributed by atoms with Crippen LogP contribution in [0.4, 0.5) is 0 Å². The Morgan fingerprint density at radius 3 is 2.95 bits per heavy atom. The van der Waals surface area contributed by atoms with Gasteiger partial charge in [-0.2, -0.15) is 0 Å². The van der Waals surface area contributed by atoms with Gasteiger partial charge < -0.3 is 9.15 Å². The molecule has 0 aromatic carbocycles. The number of thiophene rings is 1. The standard InChI is InChI=1S/C14H17NO3S/c1-10(12-5-4-8-19-12)15(2)9-11-6-7-18-13(11)14(16)17-3/h4-8,10H,9H2,1-3H3. The summed E-state index contributed by atoms with van der Waals surface area (Å²) < 4.78 is 9.89. The van der Waals surface area contributed by atoms with Crippen molar-refractivity contribution in [2.75, 3.05) is 14.2 Å². The number of ether oxygens (including phenoxy) is 1. The van der Waals surface area contributed by atoms with Crippen LogP contribution in [0.15, 0.2) is 34.3 Å². The van der Waals surface area contributed by atoms with Gasteiger partial charge in [0.05, 0.1) is 13.4 Å². The molecule has 0 spiro atoms. The SMILES string of the molecule is COC(=O)c1occc1CN(C)C(C)c1cccs1. The predicted molar refractivity (Wildman–Crippen MR) is 74.2 cm³/mol. The maximum Gasteiger partial charge on any atom is 0.374 e. The molecule has 19 heavy (non-hydrogen) atoms. The summed E-state index contributed by atoms with van der Waals surface area (Å²) in [6, 6.07) is 6.26. The van der Waals surface area contributed by atoms with E-state index in [2.05, 4.69) is 23.3 Å². The smallest absolute Gasteiger partial charge is 0.374 e. The van der Waals surface area contributed by atoms with Crippen molar-refractivity contribution in [3.05, 3.63) is 46.0 Å². The van der Waals surface area contributed by atoms with E-state index in [0.717, 1.165) is 5.56 Å². The highest BCUT2D eigenvalue weighted by Gasteiger charge is 2.19. The molecule has 0 aliphatic heterocycles. The molecular formula is C14H17NO3S. The zero-order valence-electron chi connectivity index (χ0n) is 11.3. The minimum atomic E-state index is -0.433. The molecule has 0 aliphatic carbocycles. The molecule has 0 amide bonds. The molecule has 0 saturated heterocycles. The van der Waals surface area contributed by atoms with Gasteiger partial charge in [0.1, 0.15) is 0 Å². The normalized spacial score (nSPS) is 12.6. The Kier molecular flexibility index (Phi) is 4.39. The molecule has 2 aromatic heterocycles. The number of nitrogens with zero attached hydrogens (tertiary/aromatic N) is 1. The quantitative estimate of drug-likeness (QED) is 0.787. The zero-order chi connectivity index (χ0) is 13.8. The van der Waals surface area contributed by atoms with Crippen molar-refractivity contribution in [3.63, 3.8) is 0 Å². The summed E-state index contributed by atoms with van der Waals surface area (Å²) in [5.74, 6) is -0.148. The van der Waals surface area contributed by atoms with Crippen molar-refractivity contribution in [2.24, 2.45) is 0 Å². The van der Waals surface area contributed by atoms with Gasteiger partial charge in [0, 0.05) is 23.0 Å². The lowest BCUT2D eigenvalue weighted by atomic mass is 10.2. The summed E-state index contributed by atoms with van der Waals surface area (Å²) in [5.41, 5.74) is 0.845. The molecule has 0 saturated carbocycles. The predicted octanol–water partition coefficient (Wildman–Crippen LogP) is 3.32. The summed E-state index contributed by atoms with van der Waals surface area (Å²) in [7, 11) is 3.38. The Labute approximate surface area is 116 Å². The Bertz CT molecular complexity index is 533. The van der Waals surface area contributed by atoms with Gasteiger partial charge in [-0.05, 0) is 31.5 Å². The number of hydrogen-bond acceptors (Lipinski definition) is 5. The molecule has 1 unspecified atom stereocenters. The van der Waals surface area contributed by atoms with Gasteiger partial charge in [-0.15, -0.1) is 11.3 Å². The first-order chi connectivity index (χ1) is 9.13. The van der Waals surface area contributed by atoms with Crippen molar-refractivity contribution in [3.8, 4) is 0 Å². The monoisotopic (exact) mass is 279 g/mol. The topological polar surface area (TPSA) is 42.7 Å². The molecule has 0 N–H and O–H groups in total.